The lowest BCUT2D eigenvalue weighted by Gasteiger charge is -2.14. The Kier molecular flexibility index (Phi) is 5.64. The number of esters is 1. The van der Waals surface area contributed by atoms with Gasteiger partial charge in [-0.2, -0.15) is 0 Å². The Morgan fingerprint density at radius 3 is 2.43 bits per heavy atom. The average Bonchev–Trinajstić information content (AvgIpc) is 2.52. The summed E-state index contributed by atoms with van der Waals surface area (Å²) in [7, 11) is 0. The van der Waals surface area contributed by atoms with Crippen LogP contribution in [0.25, 0.3) is 0 Å². The van der Waals surface area contributed by atoms with Gasteiger partial charge in [-0.25, -0.2) is 4.79 Å². The van der Waals surface area contributed by atoms with Crippen LogP contribution < -0.4 is 5.32 Å². The third-order valence-corrected chi connectivity index (χ3v) is 3.95. The predicted molar refractivity (Wildman–Crippen MR) is 91.1 cm³/mol. The standard InChI is InChI=1S/C17H15Cl2NO3/c1-10-5-3-4-6-15(10)20-16(21)11(2)23-17(22)12-7-8-13(18)14(19)9-12/h3-9,11H,1-2H3,(H,20,21)/t11-/m1/s1. The van der Waals surface area contributed by atoms with Crippen LogP contribution in [0.2, 0.25) is 10.0 Å². The van der Waals surface area contributed by atoms with Crippen LogP contribution in [0.15, 0.2) is 42.5 Å². The number of benzene rings is 2. The molecule has 6 heteroatoms. The van der Waals surface area contributed by atoms with Crippen molar-refractivity contribution in [2.45, 2.75) is 20.0 Å². The Balaban J connectivity index is 2.01. The Labute approximate surface area is 144 Å². The minimum atomic E-state index is -0.948. The molecular formula is C17H15Cl2NO3. The number of aryl methyl sites for hydroxylation is 1. The lowest BCUT2D eigenvalue weighted by atomic mass is 10.2. The Morgan fingerprint density at radius 2 is 1.78 bits per heavy atom. The van der Waals surface area contributed by atoms with E-state index in [9.17, 15) is 9.59 Å². The van der Waals surface area contributed by atoms with Crippen molar-refractivity contribution in [3.05, 3.63) is 63.6 Å². The second kappa shape index (κ2) is 7.49. The van der Waals surface area contributed by atoms with Crippen molar-refractivity contribution in [2.75, 3.05) is 5.32 Å². The smallest absolute Gasteiger partial charge is 0.338 e. The van der Waals surface area contributed by atoms with Gasteiger partial charge in [0, 0.05) is 5.69 Å². The number of nitrogens with one attached hydrogen (secondary N) is 1. The summed E-state index contributed by atoms with van der Waals surface area (Å²) in [6, 6.07) is 11.7. The first kappa shape index (κ1) is 17.3. The van der Waals surface area contributed by atoms with Gasteiger partial charge in [0.25, 0.3) is 5.91 Å². The molecule has 1 N–H and O–H groups in total. The van der Waals surface area contributed by atoms with E-state index < -0.39 is 18.0 Å². The molecule has 2 aromatic rings. The highest BCUT2D eigenvalue weighted by atomic mass is 35.5. The highest BCUT2D eigenvalue weighted by Crippen LogP contribution is 2.23. The van der Waals surface area contributed by atoms with Crippen LogP contribution in [0.4, 0.5) is 5.69 Å². The molecule has 2 aromatic carbocycles. The molecule has 0 aromatic heterocycles. The van der Waals surface area contributed by atoms with Crippen molar-refractivity contribution < 1.29 is 14.3 Å². The van der Waals surface area contributed by atoms with E-state index >= 15 is 0 Å². The first-order valence-electron chi connectivity index (χ1n) is 6.91. The lowest BCUT2D eigenvalue weighted by Crippen LogP contribution is -2.30. The second-order valence-electron chi connectivity index (χ2n) is 4.98. The highest BCUT2D eigenvalue weighted by molar-refractivity contribution is 6.42. The molecular weight excluding hydrogens is 337 g/mol. The van der Waals surface area contributed by atoms with Crippen molar-refractivity contribution in [3.8, 4) is 0 Å². The number of hydrogen-bond donors (Lipinski definition) is 1. The molecule has 0 heterocycles. The van der Waals surface area contributed by atoms with E-state index in [0.717, 1.165) is 5.56 Å². The maximum Gasteiger partial charge on any atom is 0.338 e. The molecule has 4 nitrogen and oxygen atoms in total. The number of anilines is 1. The van der Waals surface area contributed by atoms with Gasteiger partial charge in [-0.05, 0) is 43.7 Å². The van der Waals surface area contributed by atoms with Gasteiger partial charge in [-0.3, -0.25) is 4.79 Å². The van der Waals surface area contributed by atoms with Crippen molar-refractivity contribution in [1.29, 1.82) is 0 Å². The molecule has 0 radical (unpaired) electrons. The number of carbonyl (C=O) groups is 2. The normalized spacial score (nSPS) is 11.7. The molecule has 0 bridgehead atoms. The predicted octanol–water partition coefficient (Wildman–Crippen LogP) is 4.49. The topological polar surface area (TPSA) is 55.4 Å². The van der Waals surface area contributed by atoms with E-state index in [1.54, 1.807) is 6.07 Å². The maximum atomic E-state index is 12.1. The van der Waals surface area contributed by atoms with E-state index in [4.69, 9.17) is 27.9 Å². The number of halogens is 2. The molecule has 120 valence electrons. The van der Waals surface area contributed by atoms with Crippen LogP contribution in [0.3, 0.4) is 0 Å². The van der Waals surface area contributed by atoms with Gasteiger partial charge < -0.3 is 10.1 Å². The number of amides is 1. The molecule has 23 heavy (non-hydrogen) atoms. The van der Waals surface area contributed by atoms with E-state index in [1.807, 2.05) is 25.1 Å². The van der Waals surface area contributed by atoms with Gasteiger partial charge in [-0.1, -0.05) is 41.4 Å². The fraction of sp³-hybridized carbons (Fsp3) is 0.176. The molecule has 0 saturated heterocycles. The maximum absolute atomic E-state index is 12.1. The molecule has 0 fully saturated rings. The first-order valence-corrected chi connectivity index (χ1v) is 7.66. The van der Waals surface area contributed by atoms with Crippen LogP contribution >= 0.6 is 23.2 Å². The number of carbonyl (C=O) groups excluding carboxylic acids is 2. The summed E-state index contributed by atoms with van der Waals surface area (Å²) in [6.07, 6.45) is -0.948. The molecule has 0 spiro atoms. The van der Waals surface area contributed by atoms with Crippen LogP contribution in [0.1, 0.15) is 22.8 Å². The molecule has 1 amide bonds. The van der Waals surface area contributed by atoms with Gasteiger partial charge >= 0.3 is 5.97 Å². The summed E-state index contributed by atoms with van der Waals surface area (Å²) in [5.41, 5.74) is 1.83. The lowest BCUT2D eigenvalue weighted by molar-refractivity contribution is -0.123. The fourth-order valence-corrected chi connectivity index (χ4v) is 2.15. The number of rotatable bonds is 4. The van der Waals surface area contributed by atoms with E-state index in [1.165, 1.54) is 25.1 Å². The van der Waals surface area contributed by atoms with Crippen LogP contribution in [0.5, 0.6) is 0 Å². The molecule has 0 aliphatic carbocycles. The van der Waals surface area contributed by atoms with Gasteiger partial charge in [0.05, 0.1) is 15.6 Å². The summed E-state index contributed by atoms with van der Waals surface area (Å²) in [5.74, 6) is -1.05. The SMILES string of the molecule is Cc1ccccc1NC(=O)[C@@H](C)OC(=O)c1ccc(Cl)c(Cl)c1. The van der Waals surface area contributed by atoms with Gasteiger partial charge in [0.15, 0.2) is 6.10 Å². The van der Waals surface area contributed by atoms with Gasteiger partial charge in [0.1, 0.15) is 0 Å². The van der Waals surface area contributed by atoms with Crippen molar-refractivity contribution >= 4 is 40.8 Å². The summed E-state index contributed by atoms with van der Waals surface area (Å²) in [4.78, 5) is 24.2. The van der Waals surface area contributed by atoms with Crippen LogP contribution in [-0.2, 0) is 9.53 Å². The highest BCUT2D eigenvalue weighted by Gasteiger charge is 2.20. The van der Waals surface area contributed by atoms with Crippen molar-refractivity contribution in [2.24, 2.45) is 0 Å². The molecule has 2 rings (SSSR count). The third kappa shape index (κ3) is 4.47. The molecule has 0 aliphatic heterocycles. The quantitative estimate of drug-likeness (QED) is 0.825. The molecule has 0 aliphatic rings. The monoisotopic (exact) mass is 351 g/mol. The Bertz CT molecular complexity index is 746. The third-order valence-electron chi connectivity index (χ3n) is 3.21. The summed E-state index contributed by atoms with van der Waals surface area (Å²) < 4.78 is 5.15. The number of ether oxygens (including phenoxy) is 1. The van der Waals surface area contributed by atoms with E-state index in [2.05, 4.69) is 5.32 Å². The summed E-state index contributed by atoms with van der Waals surface area (Å²) >= 11 is 11.7. The number of hydrogen-bond acceptors (Lipinski definition) is 3. The Morgan fingerprint density at radius 1 is 1.09 bits per heavy atom. The second-order valence-corrected chi connectivity index (χ2v) is 5.79. The van der Waals surface area contributed by atoms with Crippen molar-refractivity contribution in [1.82, 2.24) is 0 Å². The zero-order valence-electron chi connectivity index (χ0n) is 12.6. The molecule has 1 atom stereocenters. The minimum absolute atomic E-state index is 0.231. The van der Waals surface area contributed by atoms with E-state index in [0.29, 0.717) is 10.7 Å². The summed E-state index contributed by atoms with van der Waals surface area (Å²) in [5, 5.41) is 3.31. The largest absolute Gasteiger partial charge is 0.449 e. The van der Waals surface area contributed by atoms with Crippen LogP contribution in [-0.4, -0.2) is 18.0 Å². The van der Waals surface area contributed by atoms with E-state index in [-0.39, 0.29) is 10.6 Å². The molecule has 0 unspecified atom stereocenters. The zero-order chi connectivity index (χ0) is 17.0. The minimum Gasteiger partial charge on any atom is -0.449 e. The van der Waals surface area contributed by atoms with Crippen molar-refractivity contribution in [3.63, 3.8) is 0 Å². The number of para-hydroxylation sites is 1. The fourth-order valence-electron chi connectivity index (χ4n) is 1.85. The Hall–Kier alpha value is -2.04. The summed E-state index contributed by atoms with van der Waals surface area (Å²) in [6.45, 7) is 3.38. The van der Waals surface area contributed by atoms with Gasteiger partial charge in [-0.15, -0.1) is 0 Å². The molecule has 0 saturated carbocycles. The average molecular weight is 352 g/mol. The first-order chi connectivity index (χ1) is 10.9. The van der Waals surface area contributed by atoms with Crippen LogP contribution in [0, 0.1) is 6.92 Å². The zero-order valence-corrected chi connectivity index (χ0v) is 14.1. The van der Waals surface area contributed by atoms with Gasteiger partial charge in [0.2, 0.25) is 0 Å².